The lowest BCUT2D eigenvalue weighted by atomic mass is 9.88. The molecule has 1 atom stereocenters. The summed E-state index contributed by atoms with van der Waals surface area (Å²) in [7, 11) is 2.10. The lowest BCUT2D eigenvalue weighted by Crippen LogP contribution is -2.32. The number of hydrogen-bond acceptors (Lipinski definition) is 2. The highest BCUT2D eigenvalue weighted by atomic mass is 35.5. The lowest BCUT2D eigenvalue weighted by molar-refractivity contribution is 0.0263. The molecular weight excluding hydrogens is 269 g/mol. The Kier molecular flexibility index (Phi) is 4.54. The van der Waals surface area contributed by atoms with Crippen LogP contribution in [0.4, 0.5) is 0 Å². The van der Waals surface area contributed by atoms with Gasteiger partial charge in [-0.1, -0.05) is 23.2 Å². The summed E-state index contributed by atoms with van der Waals surface area (Å²) in [5.41, 5.74) is 0.287. The molecule has 1 heterocycles. The van der Waals surface area contributed by atoms with Gasteiger partial charge in [0.05, 0.1) is 5.60 Å². The predicted octanol–water partition coefficient (Wildman–Crippen LogP) is 3.38. The summed E-state index contributed by atoms with van der Waals surface area (Å²) in [6, 6.07) is 5.43. The minimum absolute atomic E-state index is 0.584. The molecule has 2 rings (SSSR count). The molecule has 0 spiro atoms. The Bertz CT molecular complexity index is 424. The highest BCUT2D eigenvalue weighted by Crippen LogP contribution is 2.30. The van der Waals surface area contributed by atoms with E-state index in [-0.39, 0.29) is 0 Å². The van der Waals surface area contributed by atoms with Crippen molar-refractivity contribution in [2.24, 2.45) is 0 Å². The van der Waals surface area contributed by atoms with Crippen LogP contribution in [0.5, 0.6) is 0 Å². The third-order valence-electron chi connectivity index (χ3n) is 3.67. The summed E-state index contributed by atoms with van der Waals surface area (Å²) in [6.07, 6.45) is 3.21. The quantitative estimate of drug-likeness (QED) is 0.901. The van der Waals surface area contributed by atoms with Gasteiger partial charge in [-0.3, -0.25) is 0 Å². The van der Waals surface area contributed by atoms with Crippen LogP contribution in [0.3, 0.4) is 0 Å². The van der Waals surface area contributed by atoms with E-state index in [0.29, 0.717) is 16.5 Å². The standard InChI is InChI=1S/C14H19Cl2NO/c1-17-7-2-5-14(18,6-8-17)10-11-9-12(15)3-4-13(11)16/h3-4,9,18H,2,5-8,10H2,1H3. The SMILES string of the molecule is CN1CCCC(O)(Cc2cc(Cl)ccc2Cl)CC1. The Labute approximate surface area is 119 Å². The van der Waals surface area contributed by atoms with Crippen LogP contribution in [0.15, 0.2) is 18.2 Å². The summed E-state index contributed by atoms with van der Waals surface area (Å²) in [6.45, 7) is 1.97. The summed E-state index contributed by atoms with van der Waals surface area (Å²) in [5, 5.41) is 12.1. The van der Waals surface area contributed by atoms with E-state index in [1.807, 2.05) is 6.07 Å². The van der Waals surface area contributed by atoms with E-state index in [4.69, 9.17) is 23.2 Å². The molecule has 1 saturated heterocycles. The van der Waals surface area contributed by atoms with Crippen LogP contribution < -0.4 is 0 Å². The van der Waals surface area contributed by atoms with Crippen molar-refractivity contribution in [1.29, 1.82) is 0 Å². The third kappa shape index (κ3) is 3.61. The van der Waals surface area contributed by atoms with Crippen LogP contribution in [0.2, 0.25) is 10.0 Å². The Balaban J connectivity index is 2.13. The molecule has 18 heavy (non-hydrogen) atoms. The lowest BCUT2D eigenvalue weighted by Gasteiger charge is -2.27. The molecule has 0 radical (unpaired) electrons. The van der Waals surface area contributed by atoms with Gasteiger partial charge in [-0.25, -0.2) is 0 Å². The molecule has 0 bridgehead atoms. The molecule has 0 amide bonds. The molecule has 1 aliphatic heterocycles. The van der Waals surface area contributed by atoms with Crippen molar-refractivity contribution in [3.05, 3.63) is 33.8 Å². The molecule has 1 aliphatic rings. The van der Waals surface area contributed by atoms with E-state index in [0.717, 1.165) is 37.9 Å². The highest BCUT2D eigenvalue weighted by molar-refractivity contribution is 6.33. The van der Waals surface area contributed by atoms with Gasteiger partial charge in [0.15, 0.2) is 0 Å². The first kappa shape index (κ1) is 14.1. The molecule has 100 valence electrons. The maximum atomic E-state index is 10.7. The van der Waals surface area contributed by atoms with Crippen molar-refractivity contribution >= 4 is 23.2 Å². The number of benzene rings is 1. The summed E-state index contributed by atoms with van der Waals surface area (Å²) < 4.78 is 0. The van der Waals surface area contributed by atoms with E-state index in [1.54, 1.807) is 12.1 Å². The van der Waals surface area contributed by atoms with Crippen LogP contribution in [-0.4, -0.2) is 35.7 Å². The molecule has 1 aromatic rings. The Morgan fingerprint density at radius 1 is 1.28 bits per heavy atom. The van der Waals surface area contributed by atoms with Gasteiger partial charge >= 0.3 is 0 Å². The van der Waals surface area contributed by atoms with Crippen LogP contribution in [-0.2, 0) is 6.42 Å². The average Bonchev–Trinajstić information content (AvgIpc) is 2.47. The Morgan fingerprint density at radius 3 is 2.83 bits per heavy atom. The molecule has 2 nitrogen and oxygen atoms in total. The minimum atomic E-state index is -0.654. The van der Waals surface area contributed by atoms with E-state index in [1.165, 1.54) is 0 Å². The fourth-order valence-electron chi connectivity index (χ4n) is 2.52. The van der Waals surface area contributed by atoms with Gasteiger partial charge in [-0.15, -0.1) is 0 Å². The number of likely N-dealkylation sites (tertiary alicyclic amines) is 1. The maximum Gasteiger partial charge on any atom is 0.0701 e. The van der Waals surface area contributed by atoms with Crippen LogP contribution in [0.1, 0.15) is 24.8 Å². The summed E-state index contributed by atoms with van der Waals surface area (Å²) in [5.74, 6) is 0. The maximum absolute atomic E-state index is 10.7. The monoisotopic (exact) mass is 287 g/mol. The number of aliphatic hydroxyl groups is 1. The number of nitrogens with zero attached hydrogens (tertiary/aromatic N) is 1. The van der Waals surface area contributed by atoms with E-state index >= 15 is 0 Å². The van der Waals surface area contributed by atoms with Gasteiger partial charge in [-0.2, -0.15) is 0 Å². The van der Waals surface area contributed by atoms with Crippen molar-refractivity contribution in [2.45, 2.75) is 31.3 Å². The molecule has 1 N–H and O–H groups in total. The minimum Gasteiger partial charge on any atom is -0.389 e. The summed E-state index contributed by atoms with van der Waals surface area (Å²) >= 11 is 12.2. The zero-order chi connectivity index (χ0) is 13.2. The second-order valence-electron chi connectivity index (χ2n) is 5.29. The van der Waals surface area contributed by atoms with Gasteiger partial charge in [0, 0.05) is 23.0 Å². The normalized spacial score (nSPS) is 26.0. The predicted molar refractivity (Wildman–Crippen MR) is 76.5 cm³/mol. The molecule has 1 unspecified atom stereocenters. The highest BCUT2D eigenvalue weighted by Gasteiger charge is 2.30. The second-order valence-corrected chi connectivity index (χ2v) is 6.14. The molecule has 0 aliphatic carbocycles. The number of rotatable bonds is 2. The van der Waals surface area contributed by atoms with Gasteiger partial charge in [-0.05, 0) is 56.6 Å². The first-order chi connectivity index (χ1) is 8.48. The zero-order valence-corrected chi connectivity index (χ0v) is 12.1. The summed E-state index contributed by atoms with van der Waals surface area (Å²) in [4.78, 5) is 2.26. The van der Waals surface area contributed by atoms with Gasteiger partial charge in [0.2, 0.25) is 0 Å². The fourth-order valence-corrected chi connectivity index (χ4v) is 2.90. The molecular formula is C14H19Cl2NO. The van der Waals surface area contributed by atoms with Gasteiger partial charge in [0.25, 0.3) is 0 Å². The van der Waals surface area contributed by atoms with Gasteiger partial charge < -0.3 is 10.0 Å². The molecule has 4 heteroatoms. The van der Waals surface area contributed by atoms with Crippen molar-refractivity contribution in [2.75, 3.05) is 20.1 Å². The largest absolute Gasteiger partial charge is 0.389 e. The van der Waals surface area contributed by atoms with Crippen molar-refractivity contribution in [1.82, 2.24) is 4.90 Å². The Hall–Kier alpha value is -0.280. The second kappa shape index (κ2) is 5.79. The van der Waals surface area contributed by atoms with E-state index in [2.05, 4.69) is 11.9 Å². The Morgan fingerprint density at radius 2 is 2.06 bits per heavy atom. The van der Waals surface area contributed by atoms with Crippen LogP contribution >= 0.6 is 23.2 Å². The average molecular weight is 288 g/mol. The molecule has 0 aromatic heterocycles. The first-order valence-corrected chi connectivity index (χ1v) is 7.09. The smallest absolute Gasteiger partial charge is 0.0701 e. The fraction of sp³-hybridized carbons (Fsp3) is 0.571. The zero-order valence-electron chi connectivity index (χ0n) is 10.6. The first-order valence-electron chi connectivity index (χ1n) is 6.33. The molecule has 1 fully saturated rings. The van der Waals surface area contributed by atoms with E-state index in [9.17, 15) is 5.11 Å². The third-order valence-corrected chi connectivity index (χ3v) is 4.27. The van der Waals surface area contributed by atoms with E-state index < -0.39 is 5.60 Å². The molecule has 0 saturated carbocycles. The topological polar surface area (TPSA) is 23.5 Å². The molecule has 1 aromatic carbocycles. The van der Waals surface area contributed by atoms with Crippen molar-refractivity contribution in [3.8, 4) is 0 Å². The van der Waals surface area contributed by atoms with Gasteiger partial charge in [0.1, 0.15) is 0 Å². The van der Waals surface area contributed by atoms with Crippen LogP contribution in [0, 0.1) is 0 Å². The van der Waals surface area contributed by atoms with Crippen LogP contribution in [0.25, 0.3) is 0 Å². The van der Waals surface area contributed by atoms with Crippen molar-refractivity contribution < 1.29 is 5.11 Å². The number of halogens is 2. The van der Waals surface area contributed by atoms with Crippen molar-refractivity contribution in [3.63, 3.8) is 0 Å². The number of hydrogen-bond donors (Lipinski definition) is 1.